The highest BCUT2D eigenvalue weighted by Crippen LogP contribution is 2.27. The van der Waals surface area contributed by atoms with Gasteiger partial charge < -0.3 is 11.1 Å². The van der Waals surface area contributed by atoms with Crippen LogP contribution < -0.4 is 11.1 Å². The zero-order valence-corrected chi connectivity index (χ0v) is 11.5. The van der Waals surface area contributed by atoms with Crippen LogP contribution >= 0.6 is 0 Å². The normalized spacial score (nSPS) is 14.1. The Hall–Kier alpha value is -1.71. The first-order valence-corrected chi connectivity index (χ1v) is 6.67. The van der Waals surface area contributed by atoms with Gasteiger partial charge in [0.15, 0.2) is 0 Å². The molecule has 0 aliphatic carbocycles. The lowest BCUT2D eigenvalue weighted by molar-refractivity contribution is 0.486. The van der Waals surface area contributed by atoms with Crippen molar-refractivity contribution in [3.63, 3.8) is 0 Å². The second-order valence-corrected chi connectivity index (χ2v) is 4.85. The van der Waals surface area contributed by atoms with Gasteiger partial charge in [0.25, 0.3) is 0 Å². The SMILES string of the molecule is CC(CN)NC(C)c1ccccc1-c1cccnc1. The summed E-state index contributed by atoms with van der Waals surface area (Å²) >= 11 is 0. The third-order valence-electron chi connectivity index (χ3n) is 3.29. The first kappa shape index (κ1) is 13.7. The van der Waals surface area contributed by atoms with E-state index in [1.807, 2.05) is 12.3 Å². The molecule has 19 heavy (non-hydrogen) atoms. The fourth-order valence-corrected chi connectivity index (χ4v) is 2.24. The largest absolute Gasteiger partial charge is 0.329 e. The van der Waals surface area contributed by atoms with E-state index in [1.165, 1.54) is 11.1 Å². The van der Waals surface area contributed by atoms with Crippen molar-refractivity contribution in [3.8, 4) is 11.1 Å². The van der Waals surface area contributed by atoms with Crippen molar-refractivity contribution >= 4 is 0 Å². The van der Waals surface area contributed by atoms with Crippen molar-refractivity contribution in [2.75, 3.05) is 6.54 Å². The van der Waals surface area contributed by atoms with Gasteiger partial charge in [-0.15, -0.1) is 0 Å². The van der Waals surface area contributed by atoms with Gasteiger partial charge in [-0.2, -0.15) is 0 Å². The van der Waals surface area contributed by atoms with E-state index in [9.17, 15) is 0 Å². The summed E-state index contributed by atoms with van der Waals surface area (Å²) < 4.78 is 0. The minimum Gasteiger partial charge on any atom is -0.329 e. The third-order valence-corrected chi connectivity index (χ3v) is 3.29. The van der Waals surface area contributed by atoms with Crippen LogP contribution in [0.1, 0.15) is 25.5 Å². The maximum absolute atomic E-state index is 5.68. The molecule has 3 N–H and O–H groups in total. The molecule has 0 aliphatic rings. The molecule has 0 spiro atoms. The Morgan fingerprint density at radius 2 is 1.95 bits per heavy atom. The maximum atomic E-state index is 5.68. The quantitative estimate of drug-likeness (QED) is 0.863. The second kappa shape index (κ2) is 6.45. The summed E-state index contributed by atoms with van der Waals surface area (Å²) in [5.74, 6) is 0. The fraction of sp³-hybridized carbons (Fsp3) is 0.312. The lowest BCUT2D eigenvalue weighted by Gasteiger charge is -2.21. The summed E-state index contributed by atoms with van der Waals surface area (Å²) in [6.45, 7) is 4.91. The Kier molecular flexibility index (Phi) is 4.66. The standard InChI is InChI=1S/C16H21N3/c1-12(10-17)19-13(2)15-7-3-4-8-16(15)14-6-5-9-18-11-14/h3-9,11-13,19H,10,17H2,1-2H3. The summed E-state index contributed by atoms with van der Waals surface area (Å²) in [5, 5.41) is 3.51. The average Bonchev–Trinajstić information content (AvgIpc) is 2.48. The molecule has 1 aromatic carbocycles. The van der Waals surface area contributed by atoms with Gasteiger partial charge in [0.1, 0.15) is 0 Å². The Bertz CT molecular complexity index is 510. The highest BCUT2D eigenvalue weighted by molar-refractivity contribution is 5.67. The number of benzene rings is 1. The molecule has 3 nitrogen and oxygen atoms in total. The van der Waals surface area contributed by atoms with Gasteiger partial charge in [0, 0.05) is 36.6 Å². The van der Waals surface area contributed by atoms with Crippen LogP contribution in [0.15, 0.2) is 48.8 Å². The van der Waals surface area contributed by atoms with Gasteiger partial charge in [0.05, 0.1) is 0 Å². The predicted octanol–water partition coefficient (Wildman–Crippen LogP) is 2.75. The molecule has 1 heterocycles. The van der Waals surface area contributed by atoms with Crippen LogP contribution in [-0.2, 0) is 0 Å². The smallest absolute Gasteiger partial charge is 0.0346 e. The van der Waals surface area contributed by atoms with E-state index < -0.39 is 0 Å². The Balaban J connectivity index is 2.31. The molecule has 100 valence electrons. The molecule has 0 amide bonds. The molecule has 3 heteroatoms. The number of aromatic nitrogens is 1. The van der Waals surface area contributed by atoms with Crippen LogP contribution in [0.5, 0.6) is 0 Å². The Labute approximate surface area is 114 Å². The lowest BCUT2D eigenvalue weighted by atomic mass is 9.96. The van der Waals surface area contributed by atoms with Crippen LogP contribution in [-0.4, -0.2) is 17.6 Å². The van der Waals surface area contributed by atoms with Crippen LogP contribution in [0, 0.1) is 0 Å². The maximum Gasteiger partial charge on any atom is 0.0346 e. The predicted molar refractivity (Wildman–Crippen MR) is 79.7 cm³/mol. The van der Waals surface area contributed by atoms with Crippen molar-refractivity contribution in [1.82, 2.24) is 10.3 Å². The molecular formula is C16H21N3. The first-order chi connectivity index (χ1) is 9.22. The number of nitrogens with two attached hydrogens (primary N) is 1. The highest BCUT2D eigenvalue weighted by Gasteiger charge is 2.13. The first-order valence-electron chi connectivity index (χ1n) is 6.67. The van der Waals surface area contributed by atoms with Gasteiger partial charge >= 0.3 is 0 Å². The van der Waals surface area contributed by atoms with Crippen molar-refractivity contribution < 1.29 is 0 Å². The number of nitrogens with one attached hydrogen (secondary N) is 1. The molecule has 1 aromatic heterocycles. The van der Waals surface area contributed by atoms with E-state index in [0.29, 0.717) is 12.6 Å². The zero-order chi connectivity index (χ0) is 13.7. The van der Waals surface area contributed by atoms with E-state index in [-0.39, 0.29) is 6.04 Å². The van der Waals surface area contributed by atoms with Crippen molar-refractivity contribution in [2.45, 2.75) is 25.9 Å². The number of rotatable bonds is 5. The van der Waals surface area contributed by atoms with Gasteiger partial charge in [-0.3, -0.25) is 4.98 Å². The molecule has 0 radical (unpaired) electrons. The molecule has 0 fully saturated rings. The van der Waals surface area contributed by atoms with Gasteiger partial charge in [-0.05, 0) is 31.0 Å². The molecule has 0 saturated carbocycles. The van der Waals surface area contributed by atoms with Crippen LogP contribution in [0.3, 0.4) is 0 Å². The minimum atomic E-state index is 0.259. The van der Waals surface area contributed by atoms with Gasteiger partial charge in [0.2, 0.25) is 0 Å². The van der Waals surface area contributed by atoms with Crippen molar-refractivity contribution in [2.24, 2.45) is 5.73 Å². The number of pyridine rings is 1. The van der Waals surface area contributed by atoms with Crippen LogP contribution in [0.4, 0.5) is 0 Å². The third kappa shape index (κ3) is 3.40. The van der Waals surface area contributed by atoms with Gasteiger partial charge in [-0.25, -0.2) is 0 Å². The highest BCUT2D eigenvalue weighted by atomic mass is 15.0. The van der Waals surface area contributed by atoms with Crippen LogP contribution in [0.2, 0.25) is 0 Å². The Morgan fingerprint density at radius 3 is 2.63 bits per heavy atom. The molecule has 2 rings (SSSR count). The molecule has 2 atom stereocenters. The second-order valence-electron chi connectivity index (χ2n) is 4.85. The van der Waals surface area contributed by atoms with E-state index in [4.69, 9.17) is 5.73 Å². The Morgan fingerprint density at radius 1 is 1.16 bits per heavy atom. The molecular weight excluding hydrogens is 234 g/mol. The molecule has 2 unspecified atom stereocenters. The number of hydrogen-bond donors (Lipinski definition) is 2. The molecule has 0 aliphatic heterocycles. The lowest BCUT2D eigenvalue weighted by Crippen LogP contribution is -2.35. The molecule has 0 saturated heterocycles. The number of hydrogen-bond acceptors (Lipinski definition) is 3. The molecule has 2 aromatic rings. The fourth-order valence-electron chi connectivity index (χ4n) is 2.24. The van der Waals surface area contributed by atoms with Crippen LogP contribution in [0.25, 0.3) is 11.1 Å². The average molecular weight is 255 g/mol. The summed E-state index contributed by atoms with van der Waals surface area (Å²) in [5.41, 5.74) is 9.32. The summed E-state index contributed by atoms with van der Waals surface area (Å²) in [6, 6.07) is 13.0. The van der Waals surface area contributed by atoms with E-state index in [2.05, 4.69) is 54.5 Å². The van der Waals surface area contributed by atoms with E-state index in [0.717, 1.165) is 5.56 Å². The molecule has 0 bridgehead atoms. The van der Waals surface area contributed by atoms with E-state index >= 15 is 0 Å². The topological polar surface area (TPSA) is 50.9 Å². The van der Waals surface area contributed by atoms with Gasteiger partial charge in [-0.1, -0.05) is 30.3 Å². The monoisotopic (exact) mass is 255 g/mol. The summed E-state index contributed by atoms with van der Waals surface area (Å²) in [7, 11) is 0. The van der Waals surface area contributed by atoms with E-state index in [1.54, 1.807) is 6.20 Å². The zero-order valence-electron chi connectivity index (χ0n) is 11.5. The summed E-state index contributed by atoms with van der Waals surface area (Å²) in [4.78, 5) is 4.20. The minimum absolute atomic E-state index is 0.259. The van der Waals surface area contributed by atoms with Crippen molar-refractivity contribution in [3.05, 3.63) is 54.4 Å². The number of nitrogens with zero attached hydrogens (tertiary/aromatic N) is 1. The van der Waals surface area contributed by atoms with Crippen molar-refractivity contribution in [1.29, 1.82) is 0 Å². The summed E-state index contributed by atoms with van der Waals surface area (Å²) in [6.07, 6.45) is 3.70.